The smallest absolute Gasteiger partial charge is 0.352 e. The number of nitrogens with zero attached hydrogens (tertiary/aromatic N) is 1. The van der Waals surface area contributed by atoms with Crippen molar-refractivity contribution in [2.75, 3.05) is 13.7 Å². The van der Waals surface area contributed by atoms with Gasteiger partial charge < -0.3 is 25.2 Å². The number of hydrogen-bond donors (Lipinski definition) is 3. The summed E-state index contributed by atoms with van der Waals surface area (Å²) in [5.41, 5.74) is 1.62. The Morgan fingerprint density at radius 3 is 2.75 bits per heavy atom. The van der Waals surface area contributed by atoms with Gasteiger partial charge >= 0.3 is 5.97 Å². The molecule has 3 heterocycles. The highest BCUT2D eigenvalue weighted by atomic mass is 16.5. The molecular formula is C17H24N2O5. The van der Waals surface area contributed by atoms with Gasteiger partial charge in [0.05, 0.1) is 24.2 Å². The number of aliphatic hydroxyl groups is 1. The van der Waals surface area contributed by atoms with Crippen LogP contribution < -0.4 is 5.32 Å². The van der Waals surface area contributed by atoms with E-state index >= 15 is 0 Å². The fourth-order valence-electron chi connectivity index (χ4n) is 4.06. The third kappa shape index (κ3) is 2.66. The van der Waals surface area contributed by atoms with Crippen LogP contribution in [0.15, 0.2) is 22.9 Å². The second kappa shape index (κ2) is 6.31. The second-order valence-electron chi connectivity index (χ2n) is 6.84. The number of hydrogen-bond acceptors (Lipinski definition) is 5. The minimum atomic E-state index is -1.09. The van der Waals surface area contributed by atoms with Gasteiger partial charge in [0.2, 0.25) is 5.91 Å². The molecule has 0 radical (unpaired) electrons. The van der Waals surface area contributed by atoms with Crippen LogP contribution >= 0.6 is 0 Å². The lowest BCUT2D eigenvalue weighted by Gasteiger charge is -2.44. The summed E-state index contributed by atoms with van der Waals surface area (Å²) in [6.07, 6.45) is 2.73. The number of fused-ring (bicyclic) bond motifs is 1. The van der Waals surface area contributed by atoms with Gasteiger partial charge in [0.25, 0.3) is 0 Å². The Morgan fingerprint density at radius 2 is 2.21 bits per heavy atom. The Kier molecular flexibility index (Phi) is 4.50. The van der Waals surface area contributed by atoms with Gasteiger partial charge in [-0.25, -0.2) is 4.79 Å². The number of rotatable bonds is 5. The van der Waals surface area contributed by atoms with Crippen LogP contribution in [0.1, 0.15) is 26.7 Å². The van der Waals surface area contributed by atoms with Crippen molar-refractivity contribution >= 4 is 11.9 Å². The number of allylic oxidation sites excluding steroid dienone is 1. The van der Waals surface area contributed by atoms with Gasteiger partial charge in [-0.15, -0.1) is 0 Å². The van der Waals surface area contributed by atoms with Crippen molar-refractivity contribution < 1.29 is 24.5 Å². The number of β-lactam (4-membered cyclic amide) rings is 1. The van der Waals surface area contributed by atoms with Crippen molar-refractivity contribution in [1.29, 1.82) is 0 Å². The number of ether oxygens (including phenoxy) is 1. The van der Waals surface area contributed by atoms with E-state index in [-0.39, 0.29) is 29.8 Å². The zero-order valence-corrected chi connectivity index (χ0v) is 14.2. The Labute approximate surface area is 141 Å². The topological polar surface area (TPSA) is 99.1 Å². The molecule has 3 aliphatic rings. The van der Waals surface area contributed by atoms with E-state index in [2.05, 4.69) is 5.32 Å². The van der Waals surface area contributed by atoms with Gasteiger partial charge in [-0.1, -0.05) is 6.08 Å². The van der Waals surface area contributed by atoms with Crippen LogP contribution in [0.3, 0.4) is 0 Å². The summed E-state index contributed by atoms with van der Waals surface area (Å²) in [7, 11) is 1.68. The van der Waals surface area contributed by atoms with Crippen LogP contribution in [-0.4, -0.2) is 64.9 Å². The average Bonchev–Trinajstić information content (AvgIpc) is 3.08. The molecule has 1 amide bonds. The van der Waals surface area contributed by atoms with Crippen LogP contribution in [0.2, 0.25) is 0 Å². The molecule has 2 saturated heterocycles. The van der Waals surface area contributed by atoms with E-state index in [9.17, 15) is 19.8 Å². The molecule has 0 aromatic rings. The van der Waals surface area contributed by atoms with Crippen molar-refractivity contribution in [2.24, 2.45) is 5.92 Å². The van der Waals surface area contributed by atoms with E-state index in [1.807, 2.05) is 13.0 Å². The summed E-state index contributed by atoms with van der Waals surface area (Å²) in [6.45, 7) is 4.23. The van der Waals surface area contributed by atoms with E-state index < -0.39 is 18.0 Å². The van der Waals surface area contributed by atoms with E-state index in [0.717, 1.165) is 18.5 Å². The molecule has 5 atom stereocenters. The van der Waals surface area contributed by atoms with Crippen molar-refractivity contribution in [1.82, 2.24) is 10.2 Å². The molecule has 3 aliphatic heterocycles. The first-order valence-corrected chi connectivity index (χ1v) is 8.27. The van der Waals surface area contributed by atoms with Crippen molar-refractivity contribution in [3.63, 3.8) is 0 Å². The minimum absolute atomic E-state index is 0.0666. The third-order valence-electron chi connectivity index (χ3n) is 5.32. The molecule has 132 valence electrons. The van der Waals surface area contributed by atoms with Gasteiger partial charge in [0.1, 0.15) is 5.70 Å². The lowest BCUT2D eigenvalue weighted by Crippen LogP contribution is -2.61. The molecule has 0 aromatic carbocycles. The minimum Gasteiger partial charge on any atom is -0.477 e. The number of methoxy groups -OCH3 is 1. The highest BCUT2D eigenvalue weighted by molar-refractivity contribution is 6.00. The maximum Gasteiger partial charge on any atom is 0.352 e. The molecule has 0 saturated carbocycles. The third-order valence-corrected chi connectivity index (χ3v) is 5.32. The number of carboxylic acids is 1. The largest absolute Gasteiger partial charge is 0.477 e. The van der Waals surface area contributed by atoms with E-state index in [1.54, 1.807) is 14.0 Å². The van der Waals surface area contributed by atoms with Crippen molar-refractivity contribution in [2.45, 2.75) is 51.0 Å². The molecule has 0 bridgehead atoms. The zero-order chi connectivity index (χ0) is 17.6. The normalized spacial score (nSPS) is 34.4. The SMILES string of the molecule is CO[C@H]1CN[C@H](/C=C(\C)C2=C(C(=O)O)N3C(=O)[C@H]([C@@H](C)O)[C@H]3C2)C1. The average molecular weight is 336 g/mol. The van der Waals surface area contributed by atoms with Crippen LogP contribution in [0.5, 0.6) is 0 Å². The van der Waals surface area contributed by atoms with E-state index in [4.69, 9.17) is 4.74 Å². The van der Waals surface area contributed by atoms with Crippen LogP contribution in [0.25, 0.3) is 0 Å². The summed E-state index contributed by atoms with van der Waals surface area (Å²) in [4.78, 5) is 25.2. The van der Waals surface area contributed by atoms with E-state index in [1.165, 1.54) is 4.90 Å². The van der Waals surface area contributed by atoms with Gasteiger partial charge in [-0.05, 0) is 37.8 Å². The monoisotopic (exact) mass is 336 g/mol. The summed E-state index contributed by atoms with van der Waals surface area (Å²) >= 11 is 0. The lowest BCUT2D eigenvalue weighted by molar-refractivity contribution is -0.161. The van der Waals surface area contributed by atoms with Crippen LogP contribution in [0.4, 0.5) is 0 Å². The van der Waals surface area contributed by atoms with Gasteiger partial charge in [-0.2, -0.15) is 0 Å². The molecule has 7 heteroatoms. The van der Waals surface area contributed by atoms with Gasteiger partial charge in [-0.3, -0.25) is 4.79 Å². The van der Waals surface area contributed by atoms with Crippen LogP contribution in [0, 0.1) is 5.92 Å². The molecule has 3 rings (SSSR count). The summed E-state index contributed by atoms with van der Waals surface area (Å²) < 4.78 is 5.33. The van der Waals surface area contributed by atoms with E-state index in [0.29, 0.717) is 12.0 Å². The Morgan fingerprint density at radius 1 is 1.50 bits per heavy atom. The number of amides is 1. The Hall–Kier alpha value is -1.70. The first kappa shape index (κ1) is 17.1. The number of carbonyl (C=O) groups is 2. The maximum atomic E-state index is 12.2. The number of carbonyl (C=O) groups excluding carboxylic acids is 1. The molecule has 7 nitrogen and oxygen atoms in total. The summed E-state index contributed by atoms with van der Waals surface area (Å²) in [5, 5.41) is 22.7. The van der Waals surface area contributed by atoms with Gasteiger partial charge in [0.15, 0.2) is 0 Å². The molecule has 2 fully saturated rings. The Balaban J connectivity index is 1.84. The highest BCUT2D eigenvalue weighted by Gasteiger charge is 2.56. The first-order valence-electron chi connectivity index (χ1n) is 8.27. The van der Waals surface area contributed by atoms with Gasteiger partial charge in [0, 0.05) is 19.7 Å². The molecular weight excluding hydrogens is 312 g/mol. The second-order valence-corrected chi connectivity index (χ2v) is 6.84. The predicted molar refractivity (Wildman–Crippen MR) is 86.0 cm³/mol. The first-order chi connectivity index (χ1) is 11.3. The molecule has 3 N–H and O–H groups in total. The number of carboxylic acid groups (broad SMARTS) is 1. The lowest BCUT2D eigenvalue weighted by atomic mass is 9.82. The predicted octanol–water partition coefficient (Wildman–Crippen LogP) is 0.260. The number of aliphatic carboxylic acids is 1. The molecule has 0 aromatic heterocycles. The number of nitrogens with one attached hydrogen (secondary N) is 1. The van der Waals surface area contributed by atoms with Crippen molar-refractivity contribution in [3.8, 4) is 0 Å². The van der Waals surface area contributed by atoms with Crippen molar-refractivity contribution in [3.05, 3.63) is 22.9 Å². The standard InChI is InChI=1S/C17H24N2O5/c1-8(4-10-5-11(24-3)7-18-10)12-6-13-14(9(2)20)16(21)19(13)15(12)17(22)23/h4,9-11,13-14,18,20H,5-7H2,1-3H3,(H,22,23)/b8-4+/t9-,10-,11-,13-,14-/m1/s1. The quantitative estimate of drug-likeness (QED) is 0.623. The maximum absolute atomic E-state index is 12.2. The zero-order valence-electron chi connectivity index (χ0n) is 14.2. The fourth-order valence-corrected chi connectivity index (χ4v) is 4.06. The molecule has 0 spiro atoms. The van der Waals surface area contributed by atoms with Crippen LogP contribution in [-0.2, 0) is 14.3 Å². The summed E-state index contributed by atoms with van der Waals surface area (Å²) in [5.74, 6) is -1.90. The molecule has 24 heavy (non-hydrogen) atoms. The fraction of sp³-hybridized carbons (Fsp3) is 0.647. The summed E-state index contributed by atoms with van der Waals surface area (Å²) in [6, 6.07) is -0.112. The molecule has 0 unspecified atom stereocenters. The molecule has 0 aliphatic carbocycles. The highest BCUT2D eigenvalue weighted by Crippen LogP contribution is 2.45. The number of aliphatic hydroxyl groups excluding tert-OH is 1. The Bertz CT molecular complexity index is 624.